The molecule has 1 rings (SSSR count). The van der Waals surface area contributed by atoms with E-state index < -0.39 is 6.04 Å². The minimum atomic E-state index is -0.664. The number of rotatable bonds is 8. The predicted octanol–water partition coefficient (Wildman–Crippen LogP) is 1.44. The number of benzene rings is 1. The Morgan fingerprint density at radius 1 is 1.04 bits per heavy atom. The number of esters is 1. The van der Waals surface area contributed by atoms with Crippen molar-refractivity contribution in [2.24, 2.45) is 5.92 Å². The predicted molar refractivity (Wildman–Crippen MR) is 95.8 cm³/mol. The van der Waals surface area contributed by atoms with Crippen molar-refractivity contribution in [1.82, 2.24) is 10.6 Å². The van der Waals surface area contributed by atoms with Crippen LogP contribution in [0.5, 0.6) is 0 Å². The van der Waals surface area contributed by atoms with E-state index in [1.165, 1.54) is 6.92 Å². The van der Waals surface area contributed by atoms with Crippen LogP contribution in [0.1, 0.15) is 33.3 Å². The number of carbonyl (C=O) groups is 3. The molecule has 0 saturated carbocycles. The second-order valence-corrected chi connectivity index (χ2v) is 6.21. The average Bonchev–Trinajstić information content (AvgIpc) is 2.54. The third kappa shape index (κ3) is 6.93. The van der Waals surface area contributed by atoms with Gasteiger partial charge in [0.2, 0.25) is 11.8 Å². The maximum absolute atomic E-state index is 12.2. The zero-order valence-electron chi connectivity index (χ0n) is 15.4. The van der Waals surface area contributed by atoms with Gasteiger partial charge >= 0.3 is 5.97 Å². The van der Waals surface area contributed by atoms with Gasteiger partial charge in [0.05, 0.1) is 6.04 Å². The summed E-state index contributed by atoms with van der Waals surface area (Å²) in [5.74, 6) is -0.746. The lowest BCUT2D eigenvalue weighted by Crippen LogP contribution is -2.51. The van der Waals surface area contributed by atoms with Crippen LogP contribution < -0.4 is 16.0 Å². The topological polar surface area (TPSA) is 96.5 Å². The standard InChI is InChI=1S/C18H27N3O4/c1-11(2)16(19-5)18(24)20-12(3)17(23)21-15-8-6-14(7-9-15)10-25-13(4)22/h6-9,11-12,16,19H,10H2,1-5H3,(H,20,24)(H,21,23)/t12-,16-/m1/s1. The molecule has 0 bridgehead atoms. The molecule has 1 aromatic carbocycles. The zero-order valence-corrected chi connectivity index (χ0v) is 15.4. The third-order valence-corrected chi connectivity index (χ3v) is 3.68. The Hall–Kier alpha value is -2.41. The van der Waals surface area contributed by atoms with Crippen LogP contribution in [-0.4, -0.2) is 36.9 Å². The van der Waals surface area contributed by atoms with Gasteiger partial charge < -0.3 is 20.7 Å². The van der Waals surface area contributed by atoms with Gasteiger partial charge in [-0.3, -0.25) is 14.4 Å². The molecule has 0 radical (unpaired) electrons. The van der Waals surface area contributed by atoms with Crippen LogP contribution in [0.2, 0.25) is 0 Å². The molecule has 0 aliphatic heterocycles. The molecule has 138 valence electrons. The van der Waals surface area contributed by atoms with E-state index in [1.807, 2.05) is 13.8 Å². The van der Waals surface area contributed by atoms with Gasteiger partial charge in [-0.15, -0.1) is 0 Å². The van der Waals surface area contributed by atoms with Crippen LogP contribution in [0.15, 0.2) is 24.3 Å². The lowest BCUT2D eigenvalue weighted by molar-refractivity contribution is -0.142. The Balaban J connectivity index is 2.57. The number of amides is 2. The van der Waals surface area contributed by atoms with Crippen LogP contribution in [0.3, 0.4) is 0 Å². The largest absolute Gasteiger partial charge is 0.461 e. The first kappa shape index (κ1) is 20.6. The molecule has 25 heavy (non-hydrogen) atoms. The number of carbonyl (C=O) groups excluding carboxylic acids is 3. The zero-order chi connectivity index (χ0) is 19.0. The van der Waals surface area contributed by atoms with E-state index in [4.69, 9.17) is 4.74 Å². The van der Waals surface area contributed by atoms with E-state index in [0.717, 1.165) is 5.56 Å². The minimum Gasteiger partial charge on any atom is -0.461 e. The molecule has 0 spiro atoms. The first-order valence-corrected chi connectivity index (χ1v) is 8.25. The molecule has 2 atom stereocenters. The lowest BCUT2D eigenvalue weighted by atomic mass is 10.0. The highest BCUT2D eigenvalue weighted by atomic mass is 16.5. The Labute approximate surface area is 148 Å². The molecular weight excluding hydrogens is 322 g/mol. The van der Waals surface area contributed by atoms with Crippen molar-refractivity contribution in [2.75, 3.05) is 12.4 Å². The van der Waals surface area contributed by atoms with Crippen molar-refractivity contribution >= 4 is 23.5 Å². The van der Waals surface area contributed by atoms with E-state index in [0.29, 0.717) is 5.69 Å². The summed E-state index contributed by atoms with van der Waals surface area (Å²) >= 11 is 0. The van der Waals surface area contributed by atoms with Gasteiger partial charge in [0.25, 0.3) is 0 Å². The van der Waals surface area contributed by atoms with Crippen molar-refractivity contribution < 1.29 is 19.1 Å². The van der Waals surface area contributed by atoms with Crippen molar-refractivity contribution in [2.45, 2.75) is 46.4 Å². The Bertz CT molecular complexity index is 599. The summed E-state index contributed by atoms with van der Waals surface area (Å²) in [6.45, 7) is 7.04. The summed E-state index contributed by atoms with van der Waals surface area (Å²) < 4.78 is 4.90. The summed E-state index contributed by atoms with van der Waals surface area (Å²) in [5, 5.41) is 8.39. The molecule has 1 aromatic rings. The summed E-state index contributed by atoms with van der Waals surface area (Å²) in [4.78, 5) is 35.2. The molecule has 0 unspecified atom stereocenters. The molecule has 0 aliphatic rings. The lowest BCUT2D eigenvalue weighted by Gasteiger charge is -2.22. The van der Waals surface area contributed by atoms with Crippen molar-refractivity contribution in [3.63, 3.8) is 0 Å². The number of nitrogens with one attached hydrogen (secondary N) is 3. The highest BCUT2D eigenvalue weighted by Gasteiger charge is 2.23. The Morgan fingerprint density at radius 3 is 2.12 bits per heavy atom. The Morgan fingerprint density at radius 2 is 1.64 bits per heavy atom. The molecule has 2 amide bonds. The first-order chi connectivity index (χ1) is 11.7. The van der Waals surface area contributed by atoms with Crippen LogP contribution in [0.4, 0.5) is 5.69 Å². The van der Waals surface area contributed by atoms with Gasteiger partial charge in [-0.05, 0) is 37.6 Å². The molecular formula is C18H27N3O4. The van der Waals surface area contributed by atoms with Crippen molar-refractivity contribution in [3.05, 3.63) is 29.8 Å². The number of hydrogen-bond donors (Lipinski definition) is 3. The fourth-order valence-electron chi connectivity index (χ4n) is 2.26. The minimum absolute atomic E-state index is 0.116. The first-order valence-electron chi connectivity index (χ1n) is 8.25. The molecule has 0 fully saturated rings. The van der Waals surface area contributed by atoms with E-state index in [9.17, 15) is 14.4 Å². The van der Waals surface area contributed by atoms with E-state index >= 15 is 0 Å². The molecule has 0 aliphatic carbocycles. The number of anilines is 1. The van der Waals surface area contributed by atoms with Gasteiger partial charge in [-0.1, -0.05) is 26.0 Å². The molecule has 7 heteroatoms. The van der Waals surface area contributed by atoms with Gasteiger partial charge in [-0.2, -0.15) is 0 Å². The summed E-state index contributed by atoms with van der Waals surface area (Å²) in [6, 6.07) is 5.94. The SMILES string of the molecule is CN[C@@H](C(=O)N[C@H](C)C(=O)Nc1ccc(COC(C)=O)cc1)C(C)C. The summed E-state index contributed by atoms with van der Waals surface area (Å²) in [7, 11) is 1.71. The smallest absolute Gasteiger partial charge is 0.302 e. The van der Waals surface area contributed by atoms with Gasteiger partial charge in [0.1, 0.15) is 12.6 Å². The molecule has 0 heterocycles. The van der Waals surface area contributed by atoms with Crippen molar-refractivity contribution in [3.8, 4) is 0 Å². The van der Waals surface area contributed by atoms with Crippen LogP contribution in [-0.2, 0) is 25.7 Å². The second kappa shape index (κ2) is 9.78. The van der Waals surface area contributed by atoms with Crippen LogP contribution in [0, 0.1) is 5.92 Å². The van der Waals surface area contributed by atoms with Crippen LogP contribution >= 0.6 is 0 Å². The maximum Gasteiger partial charge on any atom is 0.302 e. The van der Waals surface area contributed by atoms with Crippen molar-refractivity contribution in [1.29, 1.82) is 0 Å². The number of ether oxygens (including phenoxy) is 1. The van der Waals surface area contributed by atoms with Gasteiger partial charge in [0.15, 0.2) is 0 Å². The van der Waals surface area contributed by atoms with E-state index in [1.54, 1.807) is 38.2 Å². The quantitative estimate of drug-likeness (QED) is 0.617. The molecule has 0 saturated heterocycles. The highest BCUT2D eigenvalue weighted by Crippen LogP contribution is 2.11. The highest BCUT2D eigenvalue weighted by molar-refractivity contribution is 5.97. The second-order valence-electron chi connectivity index (χ2n) is 6.21. The molecule has 0 aromatic heterocycles. The normalized spacial score (nSPS) is 13.0. The van der Waals surface area contributed by atoms with Gasteiger partial charge in [-0.25, -0.2) is 0 Å². The average molecular weight is 349 g/mol. The summed E-state index contributed by atoms with van der Waals surface area (Å²) in [6.07, 6.45) is 0. The molecule has 3 N–H and O–H groups in total. The summed E-state index contributed by atoms with van der Waals surface area (Å²) in [5.41, 5.74) is 1.43. The maximum atomic E-state index is 12.2. The van der Waals surface area contributed by atoms with E-state index in [-0.39, 0.29) is 36.4 Å². The number of likely N-dealkylation sites (N-methyl/N-ethyl adjacent to an activating group) is 1. The Kier molecular flexibility index (Phi) is 8.07. The fraction of sp³-hybridized carbons (Fsp3) is 0.500. The molecule has 7 nitrogen and oxygen atoms in total. The van der Waals surface area contributed by atoms with Gasteiger partial charge in [0, 0.05) is 12.6 Å². The van der Waals surface area contributed by atoms with Crippen LogP contribution in [0.25, 0.3) is 0 Å². The number of hydrogen-bond acceptors (Lipinski definition) is 5. The monoisotopic (exact) mass is 349 g/mol. The van der Waals surface area contributed by atoms with E-state index in [2.05, 4.69) is 16.0 Å². The third-order valence-electron chi connectivity index (χ3n) is 3.68. The fourth-order valence-corrected chi connectivity index (χ4v) is 2.26.